The fourth-order valence-electron chi connectivity index (χ4n) is 2.39. The molecule has 1 heterocycles. The highest BCUT2D eigenvalue weighted by Crippen LogP contribution is 2.28. The molecule has 3 rings (SSSR count). The average Bonchev–Trinajstić information content (AvgIpc) is 3.15. The molecule has 27 heavy (non-hydrogen) atoms. The number of thiazole rings is 1. The molecule has 0 saturated carbocycles. The lowest BCUT2D eigenvalue weighted by Crippen LogP contribution is -2.19. The molecule has 140 valence electrons. The summed E-state index contributed by atoms with van der Waals surface area (Å²) in [7, 11) is 4.72. The molecule has 2 amide bonds. The molecule has 2 aromatic carbocycles. The van der Waals surface area contributed by atoms with Crippen molar-refractivity contribution in [2.24, 2.45) is 0 Å². The summed E-state index contributed by atoms with van der Waals surface area (Å²) in [6.45, 7) is 0. The third-order valence-corrected chi connectivity index (χ3v) is 4.46. The van der Waals surface area contributed by atoms with Crippen molar-refractivity contribution >= 4 is 28.2 Å². The van der Waals surface area contributed by atoms with Crippen molar-refractivity contribution in [3.05, 3.63) is 47.8 Å². The van der Waals surface area contributed by atoms with E-state index in [1.807, 2.05) is 29.6 Å². The van der Waals surface area contributed by atoms with Gasteiger partial charge >= 0.3 is 6.03 Å². The monoisotopic (exact) mass is 385 g/mol. The first-order chi connectivity index (χ1) is 13.1. The molecule has 8 heteroatoms. The van der Waals surface area contributed by atoms with E-state index < -0.39 is 6.03 Å². The van der Waals surface area contributed by atoms with Gasteiger partial charge in [-0.1, -0.05) is 12.1 Å². The summed E-state index contributed by atoms with van der Waals surface area (Å²) in [5, 5.41) is 7.83. The number of methoxy groups -OCH3 is 3. The Labute approximate surface area is 160 Å². The van der Waals surface area contributed by atoms with Gasteiger partial charge in [-0.15, -0.1) is 11.3 Å². The van der Waals surface area contributed by atoms with Crippen molar-refractivity contribution in [2.45, 2.75) is 0 Å². The van der Waals surface area contributed by atoms with E-state index in [0.717, 1.165) is 17.0 Å². The van der Waals surface area contributed by atoms with Crippen LogP contribution in [0.2, 0.25) is 0 Å². The number of carbonyl (C=O) groups excluding carboxylic acids is 1. The Morgan fingerprint density at radius 3 is 2.30 bits per heavy atom. The lowest BCUT2D eigenvalue weighted by Gasteiger charge is -2.09. The van der Waals surface area contributed by atoms with Crippen LogP contribution in [0.4, 0.5) is 15.6 Å². The van der Waals surface area contributed by atoms with E-state index >= 15 is 0 Å². The van der Waals surface area contributed by atoms with Crippen LogP contribution in [0.25, 0.3) is 11.3 Å². The second-order valence-electron chi connectivity index (χ2n) is 5.45. The smallest absolute Gasteiger partial charge is 0.325 e. The van der Waals surface area contributed by atoms with Crippen molar-refractivity contribution in [3.63, 3.8) is 0 Å². The molecule has 0 saturated heterocycles. The number of anilines is 2. The normalized spacial score (nSPS) is 10.2. The maximum atomic E-state index is 12.3. The summed E-state index contributed by atoms with van der Waals surface area (Å²) < 4.78 is 15.6. The highest BCUT2D eigenvalue weighted by atomic mass is 32.1. The molecular formula is C19H19N3O4S. The molecule has 2 N–H and O–H groups in total. The molecule has 0 aliphatic rings. The van der Waals surface area contributed by atoms with Crippen LogP contribution >= 0.6 is 11.3 Å². The van der Waals surface area contributed by atoms with Gasteiger partial charge < -0.3 is 19.5 Å². The zero-order valence-corrected chi connectivity index (χ0v) is 15.9. The molecule has 0 aliphatic carbocycles. The zero-order valence-electron chi connectivity index (χ0n) is 15.1. The van der Waals surface area contributed by atoms with E-state index in [9.17, 15) is 4.79 Å². The van der Waals surface area contributed by atoms with Crippen molar-refractivity contribution in [2.75, 3.05) is 32.0 Å². The standard InChI is InChI=1S/C19H19N3O4S/c1-24-14-6-4-5-12(7-14)17-11-27-19(21-17)22-18(23)20-13-8-15(25-2)10-16(9-13)26-3/h4-11H,1-3H3,(H2,20,21,22,23). The first-order valence-electron chi connectivity index (χ1n) is 8.02. The van der Waals surface area contributed by atoms with Crippen molar-refractivity contribution < 1.29 is 19.0 Å². The van der Waals surface area contributed by atoms with Gasteiger partial charge in [0.1, 0.15) is 17.2 Å². The summed E-state index contributed by atoms with van der Waals surface area (Å²) >= 11 is 1.34. The first-order valence-corrected chi connectivity index (χ1v) is 8.90. The minimum atomic E-state index is -0.406. The van der Waals surface area contributed by atoms with Crippen LogP contribution in [0, 0.1) is 0 Å². The van der Waals surface area contributed by atoms with E-state index in [2.05, 4.69) is 15.6 Å². The Balaban J connectivity index is 1.69. The van der Waals surface area contributed by atoms with Crippen LogP contribution < -0.4 is 24.8 Å². The van der Waals surface area contributed by atoms with E-state index in [0.29, 0.717) is 22.3 Å². The number of ether oxygens (including phenoxy) is 3. The molecule has 0 spiro atoms. The second-order valence-corrected chi connectivity index (χ2v) is 6.31. The number of urea groups is 1. The predicted molar refractivity (Wildman–Crippen MR) is 106 cm³/mol. The van der Waals surface area contributed by atoms with Crippen LogP contribution in [0.5, 0.6) is 17.2 Å². The maximum absolute atomic E-state index is 12.3. The van der Waals surface area contributed by atoms with Gasteiger partial charge in [0.2, 0.25) is 0 Å². The van der Waals surface area contributed by atoms with Gasteiger partial charge in [0.25, 0.3) is 0 Å². The molecule has 3 aromatic rings. The van der Waals surface area contributed by atoms with Gasteiger partial charge in [0.15, 0.2) is 5.13 Å². The van der Waals surface area contributed by atoms with Crippen molar-refractivity contribution in [3.8, 4) is 28.5 Å². The molecule has 0 unspecified atom stereocenters. The van der Waals surface area contributed by atoms with E-state index in [1.54, 1.807) is 39.5 Å². The lowest BCUT2D eigenvalue weighted by molar-refractivity contribution is 0.262. The topological polar surface area (TPSA) is 81.7 Å². The van der Waals surface area contributed by atoms with Crippen molar-refractivity contribution in [1.82, 2.24) is 4.98 Å². The summed E-state index contributed by atoms with van der Waals surface area (Å²) in [4.78, 5) is 16.7. The SMILES string of the molecule is COc1cc(NC(=O)Nc2nc(-c3cccc(OC)c3)cs2)cc(OC)c1. The number of nitrogens with zero attached hydrogens (tertiary/aromatic N) is 1. The fourth-order valence-corrected chi connectivity index (χ4v) is 3.10. The highest BCUT2D eigenvalue weighted by molar-refractivity contribution is 7.14. The van der Waals surface area contributed by atoms with Gasteiger partial charge in [-0.3, -0.25) is 5.32 Å². The number of benzene rings is 2. The molecule has 0 atom stereocenters. The van der Waals surface area contributed by atoms with Crippen LogP contribution in [0.3, 0.4) is 0 Å². The first kappa shape index (κ1) is 18.5. The van der Waals surface area contributed by atoms with E-state index in [4.69, 9.17) is 14.2 Å². The van der Waals surface area contributed by atoms with E-state index in [-0.39, 0.29) is 0 Å². The minimum Gasteiger partial charge on any atom is -0.497 e. The number of hydrogen-bond acceptors (Lipinski definition) is 6. The summed E-state index contributed by atoms with van der Waals surface area (Å²) in [6.07, 6.45) is 0. The van der Waals surface area contributed by atoms with Gasteiger partial charge in [0, 0.05) is 34.8 Å². The third kappa shape index (κ3) is 4.68. The largest absolute Gasteiger partial charge is 0.497 e. The van der Waals surface area contributed by atoms with Crippen molar-refractivity contribution in [1.29, 1.82) is 0 Å². The van der Waals surface area contributed by atoms with Crippen LogP contribution in [-0.2, 0) is 0 Å². The molecule has 0 radical (unpaired) electrons. The summed E-state index contributed by atoms with van der Waals surface area (Å²) in [5.41, 5.74) is 2.22. The zero-order chi connectivity index (χ0) is 19.2. The predicted octanol–water partition coefficient (Wildman–Crippen LogP) is 4.48. The number of carbonyl (C=O) groups is 1. The van der Waals surface area contributed by atoms with E-state index in [1.165, 1.54) is 11.3 Å². The number of nitrogens with one attached hydrogen (secondary N) is 2. The third-order valence-electron chi connectivity index (χ3n) is 3.70. The van der Waals surface area contributed by atoms with Crippen LogP contribution in [-0.4, -0.2) is 32.3 Å². The Morgan fingerprint density at radius 1 is 0.926 bits per heavy atom. The Hall–Kier alpha value is -3.26. The maximum Gasteiger partial charge on any atom is 0.325 e. The Bertz CT molecular complexity index is 920. The molecular weight excluding hydrogens is 366 g/mol. The summed E-state index contributed by atoms with van der Waals surface area (Å²) in [5.74, 6) is 1.91. The lowest BCUT2D eigenvalue weighted by atomic mass is 10.2. The van der Waals surface area contributed by atoms with Crippen LogP contribution in [0.1, 0.15) is 0 Å². The number of rotatable bonds is 6. The Kier molecular flexibility index (Phi) is 5.77. The van der Waals surface area contributed by atoms with Gasteiger partial charge in [0.05, 0.1) is 27.0 Å². The minimum absolute atomic E-state index is 0.406. The molecule has 0 aliphatic heterocycles. The fraction of sp³-hybridized carbons (Fsp3) is 0.158. The van der Waals surface area contributed by atoms with Crippen LogP contribution in [0.15, 0.2) is 47.8 Å². The number of aromatic nitrogens is 1. The molecule has 1 aromatic heterocycles. The summed E-state index contributed by atoms with van der Waals surface area (Å²) in [6, 6.07) is 12.3. The molecule has 0 bridgehead atoms. The average molecular weight is 385 g/mol. The van der Waals surface area contributed by atoms with Gasteiger partial charge in [-0.05, 0) is 12.1 Å². The Morgan fingerprint density at radius 2 is 1.63 bits per heavy atom. The van der Waals surface area contributed by atoms with Gasteiger partial charge in [-0.25, -0.2) is 9.78 Å². The van der Waals surface area contributed by atoms with Gasteiger partial charge in [-0.2, -0.15) is 0 Å². The molecule has 0 fully saturated rings. The second kappa shape index (κ2) is 8.41. The quantitative estimate of drug-likeness (QED) is 0.654. The number of amides is 2. The molecule has 7 nitrogen and oxygen atoms in total. The number of hydrogen-bond donors (Lipinski definition) is 2. The highest BCUT2D eigenvalue weighted by Gasteiger charge is 2.10.